The highest BCUT2D eigenvalue weighted by Gasteiger charge is 2.19. The van der Waals surface area contributed by atoms with Gasteiger partial charge >= 0.3 is 0 Å². The van der Waals surface area contributed by atoms with Crippen LogP contribution in [0.5, 0.6) is 0 Å². The number of hydrogen-bond acceptors (Lipinski definition) is 6. The smallest absolute Gasteiger partial charge is 0.275 e. The molecule has 0 atom stereocenters. The van der Waals surface area contributed by atoms with Crippen molar-refractivity contribution in [1.82, 2.24) is 9.78 Å². The van der Waals surface area contributed by atoms with Crippen LogP contribution >= 0.6 is 11.3 Å². The number of nitrogens with zero attached hydrogens (tertiary/aromatic N) is 2. The highest BCUT2D eigenvalue weighted by atomic mass is 32.2. The van der Waals surface area contributed by atoms with E-state index in [1.807, 2.05) is 24.3 Å². The number of thiophene rings is 1. The largest absolute Gasteiger partial charge is 0.292 e. The van der Waals surface area contributed by atoms with Crippen LogP contribution in [0.4, 0.5) is 4.39 Å². The molecule has 0 aliphatic rings. The lowest BCUT2D eigenvalue weighted by molar-refractivity contribution is 0.0967. The molecule has 0 bridgehead atoms. The molecule has 180 valence electrons. The van der Waals surface area contributed by atoms with Gasteiger partial charge in [0.2, 0.25) is 0 Å². The van der Waals surface area contributed by atoms with Gasteiger partial charge in [0.1, 0.15) is 23.1 Å². The molecule has 9 heteroatoms. The van der Waals surface area contributed by atoms with Crippen LogP contribution in [0.25, 0.3) is 32.3 Å². The molecule has 0 fully saturated rings. The molecular weight excluding hydrogens is 499 g/mol. The summed E-state index contributed by atoms with van der Waals surface area (Å²) in [5.74, 6) is -0.763. The van der Waals surface area contributed by atoms with Crippen molar-refractivity contribution < 1.29 is 17.6 Å². The van der Waals surface area contributed by atoms with E-state index < -0.39 is 22.1 Å². The van der Waals surface area contributed by atoms with Gasteiger partial charge in [0, 0.05) is 26.6 Å². The van der Waals surface area contributed by atoms with Crippen LogP contribution in [0.2, 0.25) is 0 Å². The van der Waals surface area contributed by atoms with Crippen LogP contribution in [0, 0.1) is 5.82 Å². The Morgan fingerprint density at radius 1 is 0.944 bits per heavy atom. The van der Waals surface area contributed by atoms with Crippen LogP contribution in [-0.2, 0) is 23.0 Å². The number of fused-ring (bicyclic) bond motifs is 1. The molecular formula is C27H19FN2O4S2. The number of benzene rings is 3. The molecule has 5 rings (SSSR count). The highest BCUT2D eigenvalue weighted by Crippen LogP contribution is 2.30. The average Bonchev–Trinajstić information content (AvgIpc) is 3.30. The van der Waals surface area contributed by atoms with Crippen molar-refractivity contribution in [2.24, 2.45) is 0 Å². The van der Waals surface area contributed by atoms with Gasteiger partial charge in [-0.05, 0) is 34.9 Å². The lowest BCUT2D eigenvalue weighted by Crippen LogP contribution is -2.28. The van der Waals surface area contributed by atoms with E-state index in [0.717, 1.165) is 14.8 Å². The number of aromatic nitrogens is 2. The normalized spacial score (nSPS) is 11.3. The first-order valence-electron chi connectivity index (χ1n) is 11.0. The average molecular weight is 519 g/mol. The van der Waals surface area contributed by atoms with Gasteiger partial charge < -0.3 is 0 Å². The van der Waals surface area contributed by atoms with E-state index in [-0.39, 0.29) is 23.6 Å². The van der Waals surface area contributed by atoms with Gasteiger partial charge in [-0.1, -0.05) is 54.6 Å². The van der Waals surface area contributed by atoms with Gasteiger partial charge in [0.25, 0.3) is 5.56 Å². The Labute approximate surface area is 211 Å². The molecule has 0 unspecified atom stereocenters. The minimum atomic E-state index is -2.56. The van der Waals surface area contributed by atoms with Crippen LogP contribution in [0.1, 0.15) is 15.9 Å². The molecule has 0 spiro atoms. The minimum Gasteiger partial charge on any atom is -0.292 e. The predicted molar refractivity (Wildman–Crippen MR) is 140 cm³/mol. The second-order valence-electron chi connectivity index (χ2n) is 8.16. The summed E-state index contributed by atoms with van der Waals surface area (Å²) in [7, 11) is -2.56. The number of carbonyl (C=O) groups excluding carboxylic acids is 1. The van der Waals surface area contributed by atoms with E-state index in [9.17, 15) is 22.4 Å². The molecule has 0 radical (unpaired) electrons. The number of halogens is 1. The van der Waals surface area contributed by atoms with Crippen LogP contribution in [0.15, 0.2) is 89.2 Å². The zero-order chi connectivity index (χ0) is 25.2. The fraction of sp³-hybridized carbons (Fsp3) is 0.0741. The summed E-state index contributed by atoms with van der Waals surface area (Å²) in [4.78, 5) is 26.7. The highest BCUT2D eigenvalue weighted by molar-refractivity contribution is 7.71. The number of hydrogen-bond donors (Lipinski definition) is 1. The molecule has 2 aromatic heterocycles. The maximum atomic E-state index is 13.6. The zero-order valence-electron chi connectivity index (χ0n) is 18.8. The van der Waals surface area contributed by atoms with Crippen molar-refractivity contribution in [2.75, 3.05) is 0 Å². The summed E-state index contributed by atoms with van der Waals surface area (Å²) >= 11 is 1.46. The summed E-state index contributed by atoms with van der Waals surface area (Å²) in [6.45, 7) is -0.247. The fourth-order valence-electron chi connectivity index (χ4n) is 4.07. The lowest BCUT2D eigenvalue weighted by atomic mass is 9.96. The first kappa shape index (κ1) is 23.8. The third kappa shape index (κ3) is 4.75. The molecule has 6 nitrogen and oxygen atoms in total. The van der Waals surface area contributed by atoms with E-state index >= 15 is 0 Å². The van der Waals surface area contributed by atoms with E-state index in [1.165, 1.54) is 41.8 Å². The molecule has 0 aliphatic carbocycles. The Bertz CT molecular complexity index is 1710. The second kappa shape index (κ2) is 9.96. The van der Waals surface area contributed by atoms with Crippen molar-refractivity contribution in [2.45, 2.75) is 12.3 Å². The molecule has 5 aromatic rings. The molecule has 2 heterocycles. The molecule has 0 N–H and O–H groups in total. The number of carbonyl (C=O) groups is 1. The topological polar surface area (TPSA) is 86.1 Å². The van der Waals surface area contributed by atoms with Crippen LogP contribution in [0.3, 0.4) is 0 Å². The van der Waals surface area contributed by atoms with E-state index in [1.54, 1.807) is 29.6 Å². The number of ketones is 1. The Hall–Kier alpha value is -3.95. The van der Waals surface area contributed by atoms with Crippen molar-refractivity contribution >= 4 is 37.9 Å². The third-order valence-electron chi connectivity index (χ3n) is 5.83. The Morgan fingerprint density at radius 3 is 2.36 bits per heavy atom. The Kier molecular flexibility index (Phi) is 6.58. The summed E-state index contributed by atoms with van der Waals surface area (Å²) < 4.78 is 37.8. The quantitative estimate of drug-likeness (QED) is 0.244. The first-order valence-corrected chi connectivity index (χ1v) is 13.2. The van der Waals surface area contributed by atoms with Gasteiger partial charge in [-0.3, -0.25) is 9.59 Å². The molecule has 0 saturated carbocycles. The van der Waals surface area contributed by atoms with E-state index in [0.29, 0.717) is 27.8 Å². The molecule has 0 aliphatic heterocycles. The lowest BCUT2D eigenvalue weighted by Gasteiger charge is -2.13. The monoisotopic (exact) mass is 518 g/mol. The molecule has 36 heavy (non-hydrogen) atoms. The van der Waals surface area contributed by atoms with E-state index in [2.05, 4.69) is 5.10 Å². The zero-order valence-corrected chi connectivity index (χ0v) is 20.5. The molecule has 3 aromatic carbocycles. The van der Waals surface area contributed by atoms with Gasteiger partial charge in [0.05, 0.1) is 17.5 Å². The van der Waals surface area contributed by atoms with Gasteiger partial charge in [-0.25, -0.2) is 17.5 Å². The summed E-state index contributed by atoms with van der Waals surface area (Å²) in [6, 6.07) is 19.9. The standard InChI is InChI=1S/C27H19FN2O4S2/c28-20-11-9-19(10-12-20)26-22(18-7-5-17(6-8-18)16-36(33)34)13-29-30(27(26)32)14-24(31)23-15-35-25-4-2-1-3-21(23)25/h1-13,15,36H,14,16H2. The fourth-order valence-corrected chi connectivity index (χ4v) is 5.54. The molecule has 0 saturated heterocycles. The van der Waals surface area contributed by atoms with Crippen molar-refractivity contribution in [3.63, 3.8) is 0 Å². The number of rotatable bonds is 7. The van der Waals surface area contributed by atoms with Crippen LogP contribution in [-0.4, -0.2) is 24.0 Å². The van der Waals surface area contributed by atoms with Crippen molar-refractivity contribution in [3.8, 4) is 22.3 Å². The van der Waals surface area contributed by atoms with Gasteiger partial charge in [-0.2, -0.15) is 5.10 Å². The van der Waals surface area contributed by atoms with Crippen LogP contribution < -0.4 is 5.56 Å². The minimum absolute atomic E-state index is 0.0837. The molecule has 0 amide bonds. The van der Waals surface area contributed by atoms with Gasteiger partial charge in [-0.15, -0.1) is 11.3 Å². The number of thiol groups is 1. The maximum Gasteiger partial charge on any atom is 0.275 e. The maximum absolute atomic E-state index is 13.6. The Balaban J connectivity index is 1.58. The second-order valence-corrected chi connectivity index (χ2v) is 10.1. The SMILES string of the molecule is O=C(Cn1ncc(-c2ccc(C[SH](=O)=O)cc2)c(-c2ccc(F)cc2)c1=O)c1csc2ccccc12. The predicted octanol–water partition coefficient (Wildman–Crippen LogP) is 4.93. The van der Waals surface area contributed by atoms with E-state index in [4.69, 9.17) is 0 Å². The Morgan fingerprint density at radius 2 is 1.64 bits per heavy atom. The van der Waals surface area contributed by atoms with Crippen molar-refractivity contribution in [3.05, 3.63) is 112 Å². The summed E-state index contributed by atoms with van der Waals surface area (Å²) in [6.07, 6.45) is 1.50. The first-order chi connectivity index (χ1) is 17.4. The van der Waals surface area contributed by atoms with Gasteiger partial charge in [0.15, 0.2) is 5.78 Å². The number of Topliss-reactive ketones (excluding diaryl/α,β-unsaturated/α-hetero) is 1. The summed E-state index contributed by atoms with van der Waals surface area (Å²) in [5, 5.41) is 6.89. The van der Waals surface area contributed by atoms with Crippen molar-refractivity contribution in [1.29, 1.82) is 0 Å². The summed E-state index contributed by atoms with van der Waals surface area (Å²) in [5.41, 5.74) is 2.56. The third-order valence-corrected chi connectivity index (χ3v) is 7.41.